The summed E-state index contributed by atoms with van der Waals surface area (Å²) in [6, 6.07) is 11.3. The second-order valence-corrected chi connectivity index (χ2v) is 9.45. The molecule has 0 aliphatic heterocycles. The van der Waals surface area contributed by atoms with E-state index in [0.29, 0.717) is 33.0 Å². The number of aromatic nitrogens is 1. The SMILES string of the molecule is COc1ccc(Cl)cc1NC(=O)Cc1csc(Nc2ccc(S(C)(=O)=O)cc2)n1. The van der Waals surface area contributed by atoms with Gasteiger partial charge in [0.05, 0.1) is 29.8 Å². The lowest BCUT2D eigenvalue weighted by Crippen LogP contribution is -2.15. The van der Waals surface area contributed by atoms with E-state index in [1.54, 1.807) is 35.7 Å². The molecule has 0 bridgehead atoms. The lowest BCUT2D eigenvalue weighted by atomic mass is 10.2. The van der Waals surface area contributed by atoms with Gasteiger partial charge in [0.1, 0.15) is 5.75 Å². The highest BCUT2D eigenvalue weighted by Crippen LogP contribution is 2.28. The number of hydrogen-bond donors (Lipinski definition) is 2. The molecule has 7 nitrogen and oxygen atoms in total. The van der Waals surface area contributed by atoms with E-state index in [2.05, 4.69) is 15.6 Å². The summed E-state index contributed by atoms with van der Waals surface area (Å²) in [4.78, 5) is 17.0. The number of halogens is 1. The third kappa shape index (κ3) is 5.69. The molecule has 3 aromatic rings. The van der Waals surface area contributed by atoms with Gasteiger partial charge in [0.15, 0.2) is 15.0 Å². The number of sulfone groups is 1. The van der Waals surface area contributed by atoms with Gasteiger partial charge in [-0.05, 0) is 42.5 Å². The fourth-order valence-corrected chi connectivity index (χ4v) is 4.02. The molecule has 0 aliphatic carbocycles. The van der Waals surface area contributed by atoms with Gasteiger partial charge < -0.3 is 15.4 Å². The number of nitrogens with zero attached hydrogens (tertiary/aromatic N) is 1. The second-order valence-electron chi connectivity index (χ2n) is 6.14. The minimum Gasteiger partial charge on any atom is -0.495 e. The number of nitrogens with one attached hydrogen (secondary N) is 2. The fourth-order valence-electron chi connectivity index (χ4n) is 2.49. The summed E-state index contributed by atoms with van der Waals surface area (Å²) in [5.41, 5.74) is 1.79. The fraction of sp³-hybridized carbons (Fsp3) is 0.158. The first-order valence-corrected chi connectivity index (χ1v) is 11.5. The maximum absolute atomic E-state index is 12.3. The zero-order valence-corrected chi connectivity index (χ0v) is 18.0. The minimum absolute atomic E-state index is 0.0842. The summed E-state index contributed by atoms with van der Waals surface area (Å²) in [5, 5.41) is 8.73. The standard InChI is InChI=1S/C19H18ClN3O4S2/c1-27-17-8-3-12(20)9-16(17)23-18(24)10-14-11-28-19(22-14)21-13-4-6-15(7-5-13)29(2,25)26/h3-9,11H,10H2,1-2H3,(H,21,22)(H,23,24). The highest BCUT2D eigenvalue weighted by molar-refractivity contribution is 7.90. The number of thiazole rings is 1. The topological polar surface area (TPSA) is 97.4 Å². The van der Waals surface area contributed by atoms with Crippen LogP contribution in [-0.2, 0) is 21.1 Å². The Kier molecular flexibility index (Phi) is 6.41. The third-order valence-electron chi connectivity index (χ3n) is 3.86. The summed E-state index contributed by atoms with van der Waals surface area (Å²) in [5.74, 6) is 0.265. The van der Waals surface area contributed by atoms with E-state index < -0.39 is 9.84 Å². The summed E-state index contributed by atoms with van der Waals surface area (Å²) < 4.78 is 28.2. The molecule has 0 saturated carbocycles. The minimum atomic E-state index is -3.24. The molecule has 0 atom stereocenters. The van der Waals surface area contributed by atoms with Crippen molar-refractivity contribution in [3.8, 4) is 5.75 Å². The van der Waals surface area contributed by atoms with Gasteiger partial charge in [0, 0.05) is 22.3 Å². The van der Waals surface area contributed by atoms with Gasteiger partial charge in [-0.2, -0.15) is 0 Å². The monoisotopic (exact) mass is 451 g/mol. The molecule has 1 heterocycles. The van der Waals surface area contributed by atoms with Gasteiger partial charge in [-0.3, -0.25) is 4.79 Å². The summed E-state index contributed by atoms with van der Waals surface area (Å²) in [6.07, 6.45) is 1.24. The lowest BCUT2D eigenvalue weighted by molar-refractivity contribution is -0.115. The molecule has 0 radical (unpaired) electrons. The van der Waals surface area contributed by atoms with Crippen LogP contribution in [0.15, 0.2) is 52.7 Å². The van der Waals surface area contributed by atoms with Crippen molar-refractivity contribution < 1.29 is 17.9 Å². The molecule has 10 heteroatoms. The molecule has 0 aliphatic rings. The zero-order chi connectivity index (χ0) is 21.0. The number of hydrogen-bond acceptors (Lipinski definition) is 7. The van der Waals surface area contributed by atoms with Crippen LogP contribution in [0.4, 0.5) is 16.5 Å². The van der Waals surface area contributed by atoms with Gasteiger partial charge in [0.2, 0.25) is 5.91 Å². The van der Waals surface area contributed by atoms with Crippen LogP contribution in [0.1, 0.15) is 5.69 Å². The average Bonchev–Trinajstić information content (AvgIpc) is 3.08. The maximum atomic E-state index is 12.3. The largest absolute Gasteiger partial charge is 0.495 e. The van der Waals surface area contributed by atoms with E-state index in [1.807, 2.05) is 0 Å². The highest BCUT2D eigenvalue weighted by atomic mass is 35.5. The number of ether oxygens (including phenoxy) is 1. The Morgan fingerprint density at radius 3 is 2.59 bits per heavy atom. The predicted octanol–water partition coefficient (Wildman–Crippen LogP) is 4.13. The smallest absolute Gasteiger partial charge is 0.230 e. The van der Waals surface area contributed by atoms with E-state index in [0.717, 1.165) is 6.26 Å². The van der Waals surface area contributed by atoms with Crippen LogP contribution >= 0.6 is 22.9 Å². The van der Waals surface area contributed by atoms with Gasteiger partial charge in [-0.25, -0.2) is 13.4 Å². The number of amides is 1. The van der Waals surface area contributed by atoms with E-state index >= 15 is 0 Å². The molecule has 1 amide bonds. The van der Waals surface area contributed by atoms with Crippen molar-refractivity contribution in [2.75, 3.05) is 24.0 Å². The van der Waals surface area contributed by atoms with Crippen LogP contribution in [0.5, 0.6) is 5.75 Å². The molecular formula is C19H18ClN3O4S2. The summed E-state index contributed by atoms with van der Waals surface area (Å²) >= 11 is 7.32. The van der Waals surface area contributed by atoms with Crippen LogP contribution in [0.25, 0.3) is 0 Å². The molecule has 3 rings (SSSR count). The first-order valence-electron chi connectivity index (χ1n) is 8.39. The molecule has 2 aromatic carbocycles. The molecular weight excluding hydrogens is 434 g/mol. The van der Waals surface area contributed by atoms with Crippen molar-refractivity contribution >= 4 is 55.2 Å². The van der Waals surface area contributed by atoms with Gasteiger partial charge in [0.25, 0.3) is 0 Å². The predicted molar refractivity (Wildman–Crippen MR) is 115 cm³/mol. The van der Waals surface area contributed by atoms with Crippen molar-refractivity contribution in [3.05, 3.63) is 58.6 Å². The third-order valence-corrected chi connectivity index (χ3v) is 6.03. The normalized spacial score (nSPS) is 11.1. The van der Waals surface area contributed by atoms with E-state index in [4.69, 9.17) is 16.3 Å². The van der Waals surface area contributed by atoms with Crippen molar-refractivity contribution in [3.63, 3.8) is 0 Å². The van der Waals surface area contributed by atoms with Crippen LogP contribution in [0.3, 0.4) is 0 Å². The van der Waals surface area contributed by atoms with Crippen molar-refractivity contribution in [2.24, 2.45) is 0 Å². The Hall–Kier alpha value is -2.62. The Bertz CT molecular complexity index is 1130. The van der Waals surface area contributed by atoms with E-state index in [1.165, 1.54) is 30.6 Å². The van der Waals surface area contributed by atoms with Crippen LogP contribution in [0.2, 0.25) is 5.02 Å². The van der Waals surface area contributed by atoms with Crippen LogP contribution in [-0.4, -0.2) is 32.7 Å². The molecule has 29 heavy (non-hydrogen) atoms. The Morgan fingerprint density at radius 2 is 1.93 bits per heavy atom. The average molecular weight is 452 g/mol. The van der Waals surface area contributed by atoms with E-state index in [-0.39, 0.29) is 17.2 Å². The quantitative estimate of drug-likeness (QED) is 0.560. The Balaban J connectivity index is 1.63. The molecule has 1 aromatic heterocycles. The summed E-state index contributed by atoms with van der Waals surface area (Å²) in [7, 11) is -1.72. The van der Waals surface area contributed by atoms with Crippen molar-refractivity contribution in [1.29, 1.82) is 0 Å². The number of benzene rings is 2. The molecule has 0 spiro atoms. The number of carbonyl (C=O) groups excluding carboxylic acids is 1. The lowest BCUT2D eigenvalue weighted by Gasteiger charge is -2.10. The number of anilines is 3. The summed E-state index contributed by atoms with van der Waals surface area (Å²) in [6.45, 7) is 0. The maximum Gasteiger partial charge on any atom is 0.230 e. The molecule has 0 fully saturated rings. The molecule has 152 valence electrons. The molecule has 0 unspecified atom stereocenters. The second kappa shape index (κ2) is 8.81. The first-order chi connectivity index (χ1) is 13.7. The zero-order valence-electron chi connectivity index (χ0n) is 15.6. The number of carbonyl (C=O) groups is 1. The number of methoxy groups -OCH3 is 1. The van der Waals surface area contributed by atoms with Crippen LogP contribution < -0.4 is 15.4 Å². The Morgan fingerprint density at radius 1 is 1.21 bits per heavy atom. The van der Waals surface area contributed by atoms with Gasteiger partial charge >= 0.3 is 0 Å². The number of rotatable bonds is 7. The molecule has 2 N–H and O–H groups in total. The van der Waals surface area contributed by atoms with Crippen LogP contribution in [0, 0.1) is 0 Å². The van der Waals surface area contributed by atoms with E-state index in [9.17, 15) is 13.2 Å². The first kappa shape index (κ1) is 21.1. The van der Waals surface area contributed by atoms with Crippen molar-refractivity contribution in [1.82, 2.24) is 4.98 Å². The van der Waals surface area contributed by atoms with Gasteiger partial charge in [-0.1, -0.05) is 11.6 Å². The Labute approximate surface area is 177 Å². The molecule has 0 saturated heterocycles. The van der Waals surface area contributed by atoms with Crippen molar-refractivity contribution in [2.45, 2.75) is 11.3 Å². The van der Waals surface area contributed by atoms with Gasteiger partial charge in [-0.15, -0.1) is 11.3 Å². The highest BCUT2D eigenvalue weighted by Gasteiger charge is 2.12.